The van der Waals surface area contributed by atoms with E-state index in [0.717, 1.165) is 12.8 Å². The van der Waals surface area contributed by atoms with Crippen LogP contribution in [0.1, 0.15) is 22.3 Å². The Labute approximate surface area is 335 Å². The van der Waals surface area contributed by atoms with Gasteiger partial charge in [-0.2, -0.15) is 57.9 Å². The van der Waals surface area contributed by atoms with Crippen molar-refractivity contribution in [1.82, 2.24) is 0 Å². The van der Waals surface area contributed by atoms with Gasteiger partial charge < -0.3 is 24.8 Å². The van der Waals surface area contributed by atoms with Crippen LogP contribution in [0.2, 0.25) is 78.6 Å². The molecule has 0 nitrogen and oxygen atoms in total. The molecule has 2 aliphatic carbocycles. The summed E-state index contributed by atoms with van der Waals surface area (Å²) < 4.78 is 0. The molecule has 6 rings (SSSR count). The summed E-state index contributed by atoms with van der Waals surface area (Å²) in [4.78, 5) is 0. The van der Waals surface area contributed by atoms with Crippen LogP contribution in [0.25, 0.3) is 22.3 Å². The molecule has 0 spiro atoms. The minimum absolute atomic E-state index is 0. The molecule has 0 bridgehead atoms. The zero-order valence-electron chi connectivity index (χ0n) is 29.9. The van der Waals surface area contributed by atoms with E-state index in [-0.39, 0.29) is 77.2 Å². The van der Waals surface area contributed by atoms with Crippen molar-refractivity contribution in [3.63, 3.8) is 0 Å². The average molecular weight is 873 g/mol. The van der Waals surface area contributed by atoms with E-state index in [0.29, 0.717) is 0 Å². The molecule has 0 atom stereocenters. The maximum absolute atomic E-state index is 3.58. The van der Waals surface area contributed by atoms with Crippen LogP contribution in [0.15, 0.2) is 60.7 Å². The fraction of sp³-hybridized carbons (Fsp3) is 0.368. The van der Waals surface area contributed by atoms with E-state index in [1.807, 2.05) is 0 Å². The molecule has 8 heteroatoms. The van der Waals surface area contributed by atoms with Gasteiger partial charge in [0.1, 0.15) is 0 Å². The van der Waals surface area contributed by atoms with Gasteiger partial charge in [-0.05, 0) is 12.8 Å². The summed E-state index contributed by atoms with van der Waals surface area (Å²) in [6, 6.07) is 30.9. The van der Waals surface area contributed by atoms with Gasteiger partial charge in [-0.25, -0.2) is 0 Å². The van der Waals surface area contributed by atoms with Crippen molar-refractivity contribution in [1.29, 1.82) is 0 Å². The van der Waals surface area contributed by atoms with Crippen molar-refractivity contribution in [2.45, 2.75) is 91.4 Å². The van der Waals surface area contributed by atoms with Crippen molar-refractivity contribution in [2.24, 2.45) is 0 Å². The van der Waals surface area contributed by atoms with Gasteiger partial charge in [-0.15, -0.1) is 11.1 Å². The monoisotopic (exact) mass is 868 g/mol. The Bertz CT molecular complexity index is 1430. The van der Waals surface area contributed by atoms with Crippen LogP contribution in [0.3, 0.4) is 0 Å². The molecule has 0 saturated carbocycles. The second-order valence-electron chi connectivity index (χ2n) is 16.7. The number of benzene rings is 4. The smallest absolute Gasteiger partial charge is 1.00 e. The molecule has 0 aromatic heterocycles. The summed E-state index contributed by atoms with van der Waals surface area (Å²) in [6.45, 7) is 29.0. The van der Waals surface area contributed by atoms with Gasteiger partial charge in [0.15, 0.2) is 0 Å². The zero-order chi connectivity index (χ0) is 30.8. The summed E-state index contributed by atoms with van der Waals surface area (Å²) in [7, 11) is -5.04. The summed E-state index contributed by atoms with van der Waals surface area (Å²) in [5.74, 6) is 0. The van der Waals surface area contributed by atoms with Gasteiger partial charge in [0.25, 0.3) is 0 Å². The molecule has 4 aromatic rings. The molecular weight excluding hydrogens is 822 g/mol. The minimum atomic E-state index is -1.27. The van der Waals surface area contributed by atoms with Crippen molar-refractivity contribution in [3.8, 4) is 22.3 Å². The normalized spacial score (nSPS) is 12.8. The van der Waals surface area contributed by atoms with Gasteiger partial charge in [-0.1, -0.05) is 148 Å². The maximum Gasteiger partial charge on any atom is 2.00 e. The van der Waals surface area contributed by atoms with E-state index in [4.69, 9.17) is 0 Å². The first-order valence-corrected chi connectivity index (χ1v) is 29.7. The van der Waals surface area contributed by atoms with Crippen LogP contribution < -0.4 is 45.6 Å². The van der Waals surface area contributed by atoms with Crippen LogP contribution in [-0.2, 0) is 65.2 Å². The molecule has 0 N–H and O–H groups in total. The molecule has 46 heavy (non-hydrogen) atoms. The van der Waals surface area contributed by atoms with Gasteiger partial charge in [0, 0.05) is 16.1 Å². The first-order valence-electron chi connectivity index (χ1n) is 15.7. The summed E-state index contributed by atoms with van der Waals surface area (Å²) in [6.07, 6.45) is 2.12. The van der Waals surface area contributed by atoms with Gasteiger partial charge in [-0.3, -0.25) is 0 Å². The molecule has 2 aliphatic rings. The third kappa shape index (κ3) is 9.65. The second-order valence-corrected chi connectivity index (χ2v) is 37.0. The minimum Gasteiger partial charge on any atom is -1.00 e. The Balaban J connectivity index is 0.000000423. The molecule has 0 saturated heterocycles. The molecular formula is C38H50Cl2Si4Zr2. The fourth-order valence-corrected chi connectivity index (χ4v) is 10.5. The quantitative estimate of drug-likeness (QED) is 0.189. The van der Waals surface area contributed by atoms with Crippen molar-refractivity contribution < 1.29 is 77.2 Å². The molecule has 240 valence electrons. The predicted molar refractivity (Wildman–Crippen MR) is 199 cm³/mol. The van der Waals surface area contributed by atoms with E-state index in [1.165, 1.54) is 54.9 Å². The van der Waals surface area contributed by atoms with Crippen LogP contribution in [0, 0.1) is 12.1 Å². The molecule has 0 heterocycles. The summed E-state index contributed by atoms with van der Waals surface area (Å²) in [5, 5.41) is 6.17. The number of rotatable bonds is 4. The molecule has 0 fully saturated rings. The van der Waals surface area contributed by atoms with Crippen LogP contribution in [-0.4, -0.2) is 32.3 Å². The van der Waals surface area contributed by atoms with E-state index >= 15 is 0 Å². The van der Waals surface area contributed by atoms with Crippen molar-refractivity contribution in [2.75, 3.05) is 0 Å². The average Bonchev–Trinajstić information content (AvgIpc) is 3.43. The van der Waals surface area contributed by atoms with Crippen LogP contribution in [0.5, 0.6) is 0 Å². The topological polar surface area (TPSA) is 0 Å². The Morgan fingerprint density at radius 3 is 0.978 bits per heavy atom. The van der Waals surface area contributed by atoms with Crippen LogP contribution in [0.4, 0.5) is 0 Å². The maximum atomic E-state index is 3.58. The first kappa shape index (κ1) is 44.1. The van der Waals surface area contributed by atoms with Crippen molar-refractivity contribution in [3.05, 3.63) is 95.1 Å². The summed E-state index contributed by atoms with van der Waals surface area (Å²) in [5.41, 5.74) is 11.6. The standard InChI is InChI=1S/2C19H25Si2.2ClH.2Zr/c2*1-20(2,3)16-9-7-14-11-15-8-10-17(21(4,5)6)13-19(15)18(14)12-16;;;;/h2*7,9-10,12-13H,11H2,1-6H3;2*1H;;/q2*-1;;;2*+2/p-2. The zero-order valence-corrected chi connectivity index (χ0v) is 40.4. The van der Waals surface area contributed by atoms with Gasteiger partial charge >= 0.3 is 52.4 Å². The molecule has 0 radical (unpaired) electrons. The third-order valence-electron chi connectivity index (χ3n) is 9.05. The number of hydrogen-bond acceptors (Lipinski definition) is 0. The number of halogens is 2. The first-order chi connectivity index (χ1) is 19.3. The largest absolute Gasteiger partial charge is 2.00 e. The van der Waals surface area contributed by atoms with E-state index in [2.05, 4.69) is 151 Å². The predicted octanol–water partition coefficient (Wildman–Crippen LogP) is 2.30. The van der Waals surface area contributed by atoms with Crippen LogP contribution >= 0.6 is 0 Å². The third-order valence-corrected chi connectivity index (χ3v) is 17.2. The molecule has 4 aromatic carbocycles. The van der Waals surface area contributed by atoms with E-state index in [1.54, 1.807) is 10.4 Å². The Morgan fingerprint density at radius 2 is 0.696 bits per heavy atom. The Hall–Kier alpha value is 0.0938. The number of fused-ring (bicyclic) bond motifs is 6. The molecule has 0 aliphatic heterocycles. The summed E-state index contributed by atoms with van der Waals surface area (Å²) >= 11 is 0. The van der Waals surface area contributed by atoms with E-state index < -0.39 is 32.3 Å². The number of hydrogen-bond donors (Lipinski definition) is 0. The fourth-order valence-electron chi connectivity index (χ4n) is 5.97. The van der Waals surface area contributed by atoms with Gasteiger partial charge in [0.05, 0.1) is 16.1 Å². The Kier molecular flexibility index (Phi) is 15.3. The SMILES string of the molecule is C[Si](C)(C)c1c[c-]c2c(c1)-c1cc([Si](C)(C)C)ccc1C2.C[Si](C)(C)c1c[c-]c2c(c1)-c1cc([Si](C)(C)C)ccc1C2.[Cl-].[Cl-].[Zr+2].[Zr+2]. The molecule has 0 amide bonds. The Morgan fingerprint density at radius 1 is 0.413 bits per heavy atom. The van der Waals surface area contributed by atoms with E-state index in [9.17, 15) is 0 Å². The molecule has 0 unspecified atom stereocenters. The van der Waals surface area contributed by atoms with Crippen molar-refractivity contribution >= 4 is 53.0 Å². The second kappa shape index (κ2) is 16.0. The van der Waals surface area contributed by atoms with Gasteiger partial charge in [0.2, 0.25) is 0 Å².